The Bertz CT molecular complexity index is 371. The normalized spacial score (nSPS) is 13.4. The monoisotopic (exact) mass is 240 g/mol. The minimum absolute atomic E-state index is 0.224. The van der Waals surface area contributed by atoms with Crippen molar-refractivity contribution < 1.29 is 5.11 Å². The van der Waals surface area contributed by atoms with Crippen molar-refractivity contribution >= 4 is 11.5 Å². The first-order chi connectivity index (χ1) is 7.84. The van der Waals surface area contributed by atoms with Gasteiger partial charge in [-0.1, -0.05) is 27.7 Å². The molecule has 0 bridgehead atoms. The van der Waals surface area contributed by atoms with E-state index in [4.69, 9.17) is 5.73 Å². The number of rotatable bonds is 5. The summed E-state index contributed by atoms with van der Waals surface area (Å²) in [6, 6.07) is 0. The fourth-order valence-corrected chi connectivity index (χ4v) is 1.63. The lowest BCUT2D eigenvalue weighted by atomic mass is 10.1. The molecular formula is C12H24N4O. The minimum Gasteiger partial charge on any atom is -0.394 e. The molecular weight excluding hydrogens is 216 g/mol. The number of aryl methyl sites for hydroxylation is 1. The second-order valence-corrected chi connectivity index (χ2v) is 5.12. The highest BCUT2D eigenvalue weighted by atomic mass is 16.3. The van der Waals surface area contributed by atoms with E-state index in [9.17, 15) is 5.11 Å². The first-order valence-corrected chi connectivity index (χ1v) is 6.08. The standard InChI is InChI=1S/C12H24N4O/c1-7(2)9(17)6-14-12-10(13)11(8(3)4)15-16(12)5/h7-9,14,17H,6,13H2,1-5H3. The van der Waals surface area contributed by atoms with E-state index in [0.717, 1.165) is 11.5 Å². The average Bonchev–Trinajstić information content (AvgIpc) is 2.51. The summed E-state index contributed by atoms with van der Waals surface area (Å²) in [5.41, 5.74) is 7.62. The number of hydrogen-bond acceptors (Lipinski definition) is 4. The predicted octanol–water partition coefficient (Wildman–Crippen LogP) is 1.55. The van der Waals surface area contributed by atoms with E-state index < -0.39 is 0 Å². The van der Waals surface area contributed by atoms with Gasteiger partial charge in [0.05, 0.1) is 17.5 Å². The Balaban J connectivity index is 2.78. The van der Waals surface area contributed by atoms with Crippen LogP contribution in [0.1, 0.15) is 39.3 Å². The summed E-state index contributed by atoms with van der Waals surface area (Å²) in [4.78, 5) is 0. The lowest BCUT2D eigenvalue weighted by Gasteiger charge is -2.16. The second-order valence-electron chi connectivity index (χ2n) is 5.12. The molecule has 4 N–H and O–H groups in total. The summed E-state index contributed by atoms with van der Waals surface area (Å²) in [5, 5.41) is 17.3. The van der Waals surface area contributed by atoms with Gasteiger partial charge in [0, 0.05) is 13.6 Å². The average molecular weight is 240 g/mol. The van der Waals surface area contributed by atoms with Crippen molar-refractivity contribution in [1.82, 2.24) is 9.78 Å². The molecule has 0 aliphatic carbocycles. The smallest absolute Gasteiger partial charge is 0.147 e. The zero-order valence-electron chi connectivity index (χ0n) is 11.4. The van der Waals surface area contributed by atoms with Gasteiger partial charge < -0.3 is 16.2 Å². The van der Waals surface area contributed by atoms with Gasteiger partial charge in [-0.05, 0) is 11.8 Å². The van der Waals surface area contributed by atoms with Gasteiger partial charge in [-0.3, -0.25) is 4.68 Å². The number of aliphatic hydroxyl groups is 1. The quantitative estimate of drug-likeness (QED) is 0.730. The topological polar surface area (TPSA) is 76.1 Å². The summed E-state index contributed by atoms with van der Waals surface area (Å²) in [5.74, 6) is 1.31. The molecule has 0 radical (unpaired) electrons. The molecule has 1 unspecified atom stereocenters. The maximum absolute atomic E-state index is 9.75. The van der Waals surface area contributed by atoms with Gasteiger partial charge in [-0.25, -0.2) is 0 Å². The maximum Gasteiger partial charge on any atom is 0.147 e. The molecule has 0 saturated heterocycles. The highest BCUT2D eigenvalue weighted by Gasteiger charge is 2.17. The van der Waals surface area contributed by atoms with Crippen molar-refractivity contribution in [3.63, 3.8) is 0 Å². The van der Waals surface area contributed by atoms with Gasteiger partial charge in [0.1, 0.15) is 5.82 Å². The lowest BCUT2D eigenvalue weighted by molar-refractivity contribution is 0.138. The molecule has 1 rings (SSSR count). The first-order valence-electron chi connectivity index (χ1n) is 6.08. The molecule has 5 nitrogen and oxygen atoms in total. The van der Waals surface area contributed by atoms with Gasteiger partial charge in [-0.15, -0.1) is 0 Å². The molecule has 0 amide bonds. The molecule has 0 aliphatic heterocycles. The van der Waals surface area contributed by atoms with E-state index >= 15 is 0 Å². The Hall–Kier alpha value is -1.23. The van der Waals surface area contributed by atoms with Crippen molar-refractivity contribution in [3.8, 4) is 0 Å². The zero-order chi connectivity index (χ0) is 13.2. The molecule has 0 fully saturated rings. The van der Waals surface area contributed by atoms with Gasteiger partial charge in [-0.2, -0.15) is 5.10 Å². The Labute approximate surface area is 103 Å². The fraction of sp³-hybridized carbons (Fsp3) is 0.750. The first kappa shape index (κ1) is 13.8. The third kappa shape index (κ3) is 3.12. The molecule has 1 aromatic rings. The maximum atomic E-state index is 9.75. The highest BCUT2D eigenvalue weighted by Crippen LogP contribution is 2.27. The molecule has 0 aromatic carbocycles. The van der Waals surface area contributed by atoms with Gasteiger partial charge in [0.15, 0.2) is 0 Å². The summed E-state index contributed by atoms with van der Waals surface area (Å²) < 4.78 is 1.73. The van der Waals surface area contributed by atoms with Crippen molar-refractivity contribution in [1.29, 1.82) is 0 Å². The van der Waals surface area contributed by atoms with Crippen molar-refractivity contribution in [2.45, 2.75) is 39.7 Å². The number of nitrogen functional groups attached to an aromatic ring is 1. The molecule has 1 atom stereocenters. The number of nitrogens with two attached hydrogens (primary N) is 1. The Kier molecular flexibility index (Phi) is 4.40. The Morgan fingerprint density at radius 1 is 1.35 bits per heavy atom. The summed E-state index contributed by atoms with van der Waals surface area (Å²) >= 11 is 0. The van der Waals surface area contributed by atoms with E-state index in [0.29, 0.717) is 18.2 Å². The van der Waals surface area contributed by atoms with E-state index in [1.54, 1.807) is 4.68 Å². The largest absolute Gasteiger partial charge is 0.394 e. The van der Waals surface area contributed by atoms with Gasteiger partial charge in [0.25, 0.3) is 0 Å². The summed E-state index contributed by atoms with van der Waals surface area (Å²) in [6.07, 6.45) is -0.383. The SMILES string of the molecule is CC(C)c1nn(C)c(NCC(O)C(C)C)c1N. The summed E-state index contributed by atoms with van der Waals surface area (Å²) in [7, 11) is 1.85. The van der Waals surface area contributed by atoms with Crippen LogP contribution in [0.5, 0.6) is 0 Å². The van der Waals surface area contributed by atoms with Crippen LogP contribution in [0.2, 0.25) is 0 Å². The summed E-state index contributed by atoms with van der Waals surface area (Å²) in [6.45, 7) is 8.58. The highest BCUT2D eigenvalue weighted by molar-refractivity contribution is 5.65. The number of hydrogen-bond donors (Lipinski definition) is 3. The number of anilines is 2. The van der Waals surface area contributed by atoms with Crippen LogP contribution in [0.25, 0.3) is 0 Å². The fourth-order valence-electron chi connectivity index (χ4n) is 1.63. The van der Waals surface area contributed by atoms with Crippen LogP contribution in [-0.4, -0.2) is 27.5 Å². The van der Waals surface area contributed by atoms with Gasteiger partial charge in [0.2, 0.25) is 0 Å². The molecule has 0 spiro atoms. The van der Waals surface area contributed by atoms with Crippen LogP contribution < -0.4 is 11.1 Å². The molecule has 5 heteroatoms. The third-order valence-electron chi connectivity index (χ3n) is 2.91. The Morgan fingerprint density at radius 2 is 1.94 bits per heavy atom. The lowest BCUT2D eigenvalue weighted by Crippen LogP contribution is -2.25. The minimum atomic E-state index is -0.383. The predicted molar refractivity (Wildman–Crippen MR) is 71.0 cm³/mol. The van der Waals surface area contributed by atoms with Crippen LogP contribution in [0.3, 0.4) is 0 Å². The number of aromatic nitrogens is 2. The molecule has 98 valence electrons. The van der Waals surface area contributed by atoms with Crippen LogP contribution in [0.15, 0.2) is 0 Å². The van der Waals surface area contributed by atoms with Crippen LogP contribution in [0.4, 0.5) is 11.5 Å². The van der Waals surface area contributed by atoms with Crippen LogP contribution in [0, 0.1) is 5.92 Å². The van der Waals surface area contributed by atoms with Crippen molar-refractivity contribution in [3.05, 3.63) is 5.69 Å². The molecule has 1 heterocycles. The van der Waals surface area contributed by atoms with Gasteiger partial charge >= 0.3 is 0 Å². The second kappa shape index (κ2) is 5.40. The van der Waals surface area contributed by atoms with E-state index in [2.05, 4.69) is 24.3 Å². The van der Waals surface area contributed by atoms with E-state index in [1.165, 1.54) is 0 Å². The molecule has 17 heavy (non-hydrogen) atoms. The molecule has 0 aliphatic rings. The molecule has 1 aromatic heterocycles. The zero-order valence-corrected chi connectivity index (χ0v) is 11.4. The Morgan fingerprint density at radius 3 is 2.35 bits per heavy atom. The molecule has 0 saturated carbocycles. The van der Waals surface area contributed by atoms with Crippen molar-refractivity contribution in [2.75, 3.05) is 17.6 Å². The van der Waals surface area contributed by atoms with Crippen LogP contribution in [-0.2, 0) is 7.05 Å². The van der Waals surface area contributed by atoms with Crippen LogP contribution >= 0.6 is 0 Å². The van der Waals surface area contributed by atoms with Crippen molar-refractivity contribution in [2.24, 2.45) is 13.0 Å². The third-order valence-corrected chi connectivity index (χ3v) is 2.91. The van der Waals surface area contributed by atoms with E-state index in [1.807, 2.05) is 20.9 Å². The van der Waals surface area contributed by atoms with E-state index in [-0.39, 0.29) is 12.0 Å². The number of nitrogens with zero attached hydrogens (tertiary/aromatic N) is 2. The number of aliphatic hydroxyl groups excluding tert-OH is 1. The number of nitrogens with one attached hydrogen (secondary N) is 1.